The minimum atomic E-state index is 0.0309. The van der Waals surface area contributed by atoms with Gasteiger partial charge < -0.3 is 0 Å². The van der Waals surface area contributed by atoms with Crippen LogP contribution in [0, 0.1) is 3.57 Å². The Kier molecular flexibility index (Phi) is 2.93. The molecule has 66 valence electrons. The Balaban J connectivity index is 3.26. The van der Waals surface area contributed by atoms with Crippen LogP contribution in [0.4, 0.5) is 0 Å². The zero-order valence-corrected chi connectivity index (χ0v) is 10.1. The molecule has 0 radical (unpaired) electrons. The Morgan fingerprint density at radius 2 is 1.92 bits per heavy atom. The van der Waals surface area contributed by atoms with E-state index < -0.39 is 0 Å². The van der Waals surface area contributed by atoms with Crippen LogP contribution in [0.3, 0.4) is 0 Å². The quantitative estimate of drug-likeness (QED) is 0.543. The van der Waals surface area contributed by atoms with E-state index in [0.717, 1.165) is 9.26 Å². The van der Waals surface area contributed by atoms with Crippen LogP contribution in [0.1, 0.15) is 26.5 Å². The molecule has 0 fully saturated rings. The van der Waals surface area contributed by atoms with Gasteiger partial charge in [-0.1, -0.05) is 32.4 Å². The summed E-state index contributed by atoms with van der Waals surface area (Å²) in [5, 5.41) is 0.538. The summed E-state index contributed by atoms with van der Waals surface area (Å²) in [6, 6.07) is 0. The van der Waals surface area contributed by atoms with Gasteiger partial charge in [-0.15, -0.1) is 0 Å². The maximum atomic E-state index is 5.86. The lowest BCUT2D eigenvalue weighted by Gasteiger charge is -2.18. The number of aromatic nitrogens is 2. The molecule has 0 saturated carbocycles. The Morgan fingerprint density at radius 1 is 1.33 bits per heavy atom. The van der Waals surface area contributed by atoms with Crippen molar-refractivity contribution in [2.75, 3.05) is 0 Å². The van der Waals surface area contributed by atoms with E-state index in [4.69, 9.17) is 11.6 Å². The molecule has 1 rings (SSSR count). The minimum Gasteiger partial charge on any atom is -0.240 e. The van der Waals surface area contributed by atoms with E-state index >= 15 is 0 Å². The largest absolute Gasteiger partial charge is 0.240 e. The SMILES string of the molecule is CC(C)(C)c1ncnc(Cl)c1I. The summed E-state index contributed by atoms with van der Waals surface area (Å²) in [5.74, 6) is 0. The summed E-state index contributed by atoms with van der Waals surface area (Å²) in [6.45, 7) is 6.31. The Morgan fingerprint density at radius 3 is 2.33 bits per heavy atom. The van der Waals surface area contributed by atoms with Crippen LogP contribution >= 0.6 is 34.2 Å². The molecule has 0 N–H and O–H groups in total. The third kappa shape index (κ3) is 2.07. The van der Waals surface area contributed by atoms with Gasteiger partial charge in [0.25, 0.3) is 0 Å². The first-order valence-corrected chi connectivity index (χ1v) is 5.05. The first kappa shape index (κ1) is 10.2. The lowest BCUT2D eigenvalue weighted by molar-refractivity contribution is 0.562. The van der Waals surface area contributed by atoms with Crippen molar-refractivity contribution in [2.24, 2.45) is 0 Å². The molecule has 0 aliphatic rings. The van der Waals surface area contributed by atoms with Crippen LogP contribution in [0.2, 0.25) is 5.15 Å². The summed E-state index contributed by atoms with van der Waals surface area (Å²) < 4.78 is 0.948. The Bertz CT molecular complexity index is 294. The molecule has 0 aromatic carbocycles. The number of hydrogen-bond donors (Lipinski definition) is 0. The van der Waals surface area contributed by atoms with Crippen molar-refractivity contribution in [3.8, 4) is 0 Å². The van der Waals surface area contributed by atoms with Crippen molar-refractivity contribution in [2.45, 2.75) is 26.2 Å². The Hall–Kier alpha value is 0.100. The van der Waals surface area contributed by atoms with Gasteiger partial charge in [0.05, 0.1) is 9.26 Å². The number of rotatable bonds is 0. The van der Waals surface area contributed by atoms with Crippen LogP contribution in [0.5, 0.6) is 0 Å². The van der Waals surface area contributed by atoms with Gasteiger partial charge in [-0.3, -0.25) is 0 Å². The van der Waals surface area contributed by atoms with Crippen molar-refractivity contribution in [3.63, 3.8) is 0 Å². The van der Waals surface area contributed by atoms with Crippen molar-refractivity contribution in [1.29, 1.82) is 0 Å². The maximum absolute atomic E-state index is 5.86. The van der Waals surface area contributed by atoms with Gasteiger partial charge in [-0.05, 0) is 22.6 Å². The normalized spacial score (nSPS) is 11.8. The predicted octanol–water partition coefficient (Wildman–Crippen LogP) is 3.03. The van der Waals surface area contributed by atoms with E-state index in [1.54, 1.807) is 0 Å². The van der Waals surface area contributed by atoms with E-state index in [1.807, 2.05) is 0 Å². The molecule has 0 spiro atoms. The highest BCUT2D eigenvalue weighted by Gasteiger charge is 2.20. The van der Waals surface area contributed by atoms with Crippen molar-refractivity contribution >= 4 is 34.2 Å². The molecule has 0 aliphatic heterocycles. The molecule has 0 bridgehead atoms. The molecule has 1 aromatic heterocycles. The highest BCUT2D eigenvalue weighted by molar-refractivity contribution is 14.1. The molecule has 4 heteroatoms. The smallest absolute Gasteiger partial charge is 0.146 e. The highest BCUT2D eigenvalue weighted by Crippen LogP contribution is 2.27. The lowest BCUT2D eigenvalue weighted by Crippen LogP contribution is -2.16. The first-order chi connectivity index (χ1) is 5.43. The van der Waals surface area contributed by atoms with Crippen molar-refractivity contribution in [3.05, 3.63) is 20.7 Å². The van der Waals surface area contributed by atoms with Crippen LogP contribution in [0.15, 0.2) is 6.33 Å². The number of halogens is 2. The average molecular weight is 297 g/mol. The van der Waals surface area contributed by atoms with Gasteiger partial charge in [-0.2, -0.15) is 0 Å². The molecule has 12 heavy (non-hydrogen) atoms. The molecular weight excluding hydrogens is 286 g/mol. The van der Waals surface area contributed by atoms with Crippen LogP contribution < -0.4 is 0 Å². The summed E-state index contributed by atoms with van der Waals surface area (Å²) >= 11 is 8.03. The molecule has 0 atom stereocenters. The number of nitrogens with zero attached hydrogens (tertiary/aromatic N) is 2. The maximum Gasteiger partial charge on any atom is 0.146 e. The van der Waals surface area contributed by atoms with E-state index in [0.29, 0.717) is 5.15 Å². The van der Waals surface area contributed by atoms with Crippen LogP contribution in [0.25, 0.3) is 0 Å². The average Bonchev–Trinajstić information content (AvgIpc) is 1.92. The molecule has 2 nitrogen and oxygen atoms in total. The van der Waals surface area contributed by atoms with Crippen molar-refractivity contribution in [1.82, 2.24) is 9.97 Å². The topological polar surface area (TPSA) is 25.8 Å². The summed E-state index contributed by atoms with van der Waals surface area (Å²) in [6.07, 6.45) is 1.51. The second-order valence-electron chi connectivity index (χ2n) is 3.58. The second kappa shape index (κ2) is 3.46. The monoisotopic (exact) mass is 296 g/mol. The fraction of sp³-hybridized carbons (Fsp3) is 0.500. The van der Waals surface area contributed by atoms with E-state index in [-0.39, 0.29) is 5.41 Å². The van der Waals surface area contributed by atoms with Gasteiger partial charge in [0, 0.05) is 5.41 Å². The zero-order chi connectivity index (χ0) is 9.35. The molecule has 0 aliphatic carbocycles. The van der Waals surface area contributed by atoms with E-state index in [9.17, 15) is 0 Å². The van der Waals surface area contributed by atoms with E-state index in [2.05, 4.69) is 53.3 Å². The Labute approximate surface area is 90.9 Å². The fourth-order valence-electron chi connectivity index (χ4n) is 0.871. The summed E-state index contributed by atoms with van der Waals surface area (Å²) in [4.78, 5) is 8.11. The fourth-order valence-corrected chi connectivity index (χ4v) is 2.09. The standard InChI is InChI=1S/C8H10ClIN2/c1-8(2,3)6-5(10)7(9)12-4-11-6/h4H,1-3H3. The molecule has 0 unspecified atom stereocenters. The minimum absolute atomic E-state index is 0.0309. The molecule has 0 saturated heterocycles. The zero-order valence-electron chi connectivity index (χ0n) is 7.23. The predicted molar refractivity (Wildman–Crippen MR) is 58.5 cm³/mol. The molecule has 0 amide bonds. The molecule has 1 aromatic rings. The van der Waals surface area contributed by atoms with Gasteiger partial charge in [0.15, 0.2) is 0 Å². The highest BCUT2D eigenvalue weighted by atomic mass is 127. The number of hydrogen-bond acceptors (Lipinski definition) is 2. The van der Waals surface area contributed by atoms with Crippen LogP contribution in [-0.2, 0) is 5.41 Å². The lowest BCUT2D eigenvalue weighted by atomic mass is 9.92. The van der Waals surface area contributed by atoms with Gasteiger partial charge in [0.2, 0.25) is 0 Å². The van der Waals surface area contributed by atoms with Crippen LogP contribution in [-0.4, -0.2) is 9.97 Å². The van der Waals surface area contributed by atoms with E-state index in [1.165, 1.54) is 6.33 Å². The van der Waals surface area contributed by atoms with Crippen molar-refractivity contribution < 1.29 is 0 Å². The van der Waals surface area contributed by atoms with Gasteiger partial charge in [-0.25, -0.2) is 9.97 Å². The van der Waals surface area contributed by atoms with Gasteiger partial charge in [0.1, 0.15) is 11.5 Å². The molecular formula is C8H10ClIN2. The third-order valence-electron chi connectivity index (χ3n) is 1.46. The summed E-state index contributed by atoms with van der Waals surface area (Å²) in [5.41, 5.74) is 1.03. The first-order valence-electron chi connectivity index (χ1n) is 3.59. The van der Waals surface area contributed by atoms with Gasteiger partial charge >= 0.3 is 0 Å². The summed E-state index contributed by atoms with van der Waals surface area (Å²) in [7, 11) is 0. The second-order valence-corrected chi connectivity index (χ2v) is 5.01. The molecule has 1 heterocycles. The third-order valence-corrected chi connectivity index (χ3v) is 3.08.